The van der Waals surface area contributed by atoms with Gasteiger partial charge in [-0.3, -0.25) is 4.90 Å². The number of likely N-dealkylation sites (tertiary alicyclic amines) is 1. The lowest BCUT2D eigenvalue weighted by Crippen LogP contribution is -2.58. The van der Waals surface area contributed by atoms with Crippen molar-refractivity contribution >= 4 is 0 Å². The van der Waals surface area contributed by atoms with E-state index in [1.54, 1.807) is 7.11 Å². The number of hydrogen-bond acceptors (Lipinski definition) is 4. The highest BCUT2D eigenvalue weighted by molar-refractivity contribution is 4.91. The summed E-state index contributed by atoms with van der Waals surface area (Å²) >= 11 is 0. The van der Waals surface area contributed by atoms with E-state index in [1.165, 1.54) is 0 Å². The normalized spacial score (nSPS) is 30.2. The third kappa shape index (κ3) is 4.21. The number of aliphatic hydroxyl groups is 1. The molecule has 0 radical (unpaired) electrons. The molecule has 0 aliphatic carbocycles. The fraction of sp³-hybridized carbons (Fsp3) is 1.00. The van der Waals surface area contributed by atoms with Crippen molar-refractivity contribution in [2.75, 3.05) is 39.9 Å². The van der Waals surface area contributed by atoms with Gasteiger partial charge in [0.1, 0.15) is 0 Å². The molecule has 0 bridgehead atoms. The zero-order chi connectivity index (χ0) is 12.9. The van der Waals surface area contributed by atoms with Gasteiger partial charge in [0.25, 0.3) is 0 Å². The molecule has 0 saturated carbocycles. The molecule has 0 amide bonds. The van der Waals surface area contributed by atoms with Crippen molar-refractivity contribution in [2.24, 2.45) is 0 Å². The summed E-state index contributed by atoms with van der Waals surface area (Å²) in [5, 5.41) is 12.9. The maximum absolute atomic E-state index is 9.51. The second-order valence-electron chi connectivity index (χ2n) is 5.72. The summed E-state index contributed by atoms with van der Waals surface area (Å²) < 4.78 is 5.59. The highest BCUT2D eigenvalue weighted by Crippen LogP contribution is 2.24. The summed E-state index contributed by atoms with van der Waals surface area (Å²) in [6.45, 7) is 10.3. The fourth-order valence-electron chi connectivity index (χ4n) is 2.69. The van der Waals surface area contributed by atoms with Crippen LogP contribution in [0.25, 0.3) is 0 Å². The third-order valence-corrected chi connectivity index (χ3v) is 3.76. The van der Waals surface area contributed by atoms with E-state index in [0.717, 1.165) is 39.0 Å². The van der Waals surface area contributed by atoms with E-state index in [4.69, 9.17) is 4.74 Å². The molecule has 17 heavy (non-hydrogen) atoms. The van der Waals surface area contributed by atoms with Gasteiger partial charge in [0.05, 0.1) is 17.7 Å². The van der Waals surface area contributed by atoms with Crippen LogP contribution < -0.4 is 5.32 Å². The van der Waals surface area contributed by atoms with Gasteiger partial charge in [-0.05, 0) is 39.8 Å². The van der Waals surface area contributed by atoms with E-state index in [2.05, 4.69) is 31.0 Å². The minimum atomic E-state index is -0.208. The summed E-state index contributed by atoms with van der Waals surface area (Å²) in [5.74, 6) is 0. The van der Waals surface area contributed by atoms with Crippen LogP contribution >= 0.6 is 0 Å². The summed E-state index contributed by atoms with van der Waals surface area (Å²) in [6, 6.07) is 0. The fourth-order valence-corrected chi connectivity index (χ4v) is 2.69. The Bertz CT molecular complexity index is 237. The van der Waals surface area contributed by atoms with Crippen molar-refractivity contribution < 1.29 is 9.84 Å². The average Bonchev–Trinajstić information content (AvgIpc) is 2.29. The van der Waals surface area contributed by atoms with Gasteiger partial charge in [-0.1, -0.05) is 6.92 Å². The molecular weight excluding hydrogens is 216 g/mol. The van der Waals surface area contributed by atoms with E-state index >= 15 is 0 Å². The number of nitrogens with zero attached hydrogens (tertiary/aromatic N) is 1. The molecule has 2 N–H and O–H groups in total. The first-order valence-electron chi connectivity index (χ1n) is 6.60. The Morgan fingerprint density at radius 3 is 2.76 bits per heavy atom. The monoisotopic (exact) mass is 244 g/mol. The van der Waals surface area contributed by atoms with Crippen molar-refractivity contribution in [3.63, 3.8) is 0 Å². The highest BCUT2D eigenvalue weighted by Gasteiger charge is 2.34. The molecule has 1 fully saturated rings. The van der Waals surface area contributed by atoms with Gasteiger partial charge in [-0.15, -0.1) is 0 Å². The number of methoxy groups -OCH3 is 1. The minimum absolute atomic E-state index is 0.0270. The van der Waals surface area contributed by atoms with E-state index < -0.39 is 0 Å². The average molecular weight is 244 g/mol. The largest absolute Gasteiger partial charge is 0.394 e. The minimum Gasteiger partial charge on any atom is -0.394 e. The van der Waals surface area contributed by atoms with Crippen LogP contribution in [0.15, 0.2) is 0 Å². The van der Waals surface area contributed by atoms with Crippen LogP contribution in [0.4, 0.5) is 0 Å². The Hall–Kier alpha value is -0.160. The van der Waals surface area contributed by atoms with Crippen molar-refractivity contribution in [1.29, 1.82) is 0 Å². The van der Waals surface area contributed by atoms with Crippen LogP contribution in [0.1, 0.15) is 33.6 Å². The van der Waals surface area contributed by atoms with Gasteiger partial charge in [0, 0.05) is 20.2 Å². The summed E-state index contributed by atoms with van der Waals surface area (Å²) in [4.78, 5) is 2.39. The highest BCUT2D eigenvalue weighted by atomic mass is 16.5. The van der Waals surface area contributed by atoms with Gasteiger partial charge in [-0.2, -0.15) is 0 Å². The van der Waals surface area contributed by atoms with Crippen LogP contribution in [0.3, 0.4) is 0 Å². The lowest BCUT2D eigenvalue weighted by atomic mass is 9.92. The molecule has 2 atom stereocenters. The SMILES string of the molecule is CCNC(C)(CO)CN1CCCC(C)(OC)C1. The van der Waals surface area contributed by atoms with Gasteiger partial charge in [-0.25, -0.2) is 0 Å². The van der Waals surface area contributed by atoms with Crippen molar-refractivity contribution in [3.05, 3.63) is 0 Å². The van der Waals surface area contributed by atoms with Crippen molar-refractivity contribution in [2.45, 2.75) is 44.8 Å². The molecule has 102 valence electrons. The molecule has 0 aromatic heterocycles. The molecule has 1 aliphatic heterocycles. The molecule has 0 aromatic carbocycles. The van der Waals surface area contributed by atoms with Gasteiger partial charge in [0.15, 0.2) is 0 Å². The van der Waals surface area contributed by atoms with Crippen LogP contribution in [0.5, 0.6) is 0 Å². The first-order valence-corrected chi connectivity index (χ1v) is 6.60. The Morgan fingerprint density at radius 1 is 1.53 bits per heavy atom. The van der Waals surface area contributed by atoms with Gasteiger partial charge >= 0.3 is 0 Å². The number of rotatable bonds is 6. The molecule has 0 spiro atoms. The summed E-state index contributed by atoms with van der Waals surface area (Å²) in [7, 11) is 1.79. The Balaban J connectivity index is 2.55. The molecule has 1 heterocycles. The standard InChI is InChI=1S/C13H28N2O2/c1-5-14-12(2,11-16)9-15-8-6-7-13(3,10-15)17-4/h14,16H,5-11H2,1-4H3. The topological polar surface area (TPSA) is 44.7 Å². The second-order valence-corrected chi connectivity index (χ2v) is 5.72. The molecule has 1 saturated heterocycles. The van der Waals surface area contributed by atoms with E-state index in [-0.39, 0.29) is 17.7 Å². The number of hydrogen-bond donors (Lipinski definition) is 2. The lowest BCUT2D eigenvalue weighted by Gasteiger charge is -2.43. The molecule has 4 heteroatoms. The van der Waals surface area contributed by atoms with Crippen LogP contribution in [-0.2, 0) is 4.74 Å². The van der Waals surface area contributed by atoms with Gasteiger partial charge in [0.2, 0.25) is 0 Å². The van der Waals surface area contributed by atoms with Gasteiger partial charge < -0.3 is 15.2 Å². The van der Waals surface area contributed by atoms with Crippen LogP contribution in [0, 0.1) is 0 Å². The van der Waals surface area contributed by atoms with Crippen LogP contribution in [-0.4, -0.2) is 61.0 Å². The molecule has 1 aliphatic rings. The predicted molar refractivity (Wildman–Crippen MR) is 70.3 cm³/mol. The number of nitrogens with one attached hydrogen (secondary N) is 1. The predicted octanol–water partition coefficient (Wildman–Crippen LogP) is 0.848. The smallest absolute Gasteiger partial charge is 0.0777 e. The Labute approximate surface area is 105 Å². The van der Waals surface area contributed by atoms with Crippen LogP contribution in [0.2, 0.25) is 0 Å². The second kappa shape index (κ2) is 6.14. The third-order valence-electron chi connectivity index (χ3n) is 3.76. The number of likely N-dealkylation sites (N-methyl/N-ethyl adjacent to an activating group) is 1. The van der Waals surface area contributed by atoms with E-state index in [0.29, 0.717) is 0 Å². The van der Waals surface area contributed by atoms with E-state index in [1.807, 2.05) is 0 Å². The zero-order valence-corrected chi connectivity index (χ0v) is 11.8. The van der Waals surface area contributed by atoms with Crippen molar-refractivity contribution in [3.8, 4) is 0 Å². The van der Waals surface area contributed by atoms with E-state index in [9.17, 15) is 5.11 Å². The Morgan fingerprint density at radius 2 is 2.24 bits per heavy atom. The molecule has 1 rings (SSSR count). The lowest BCUT2D eigenvalue weighted by molar-refractivity contribution is -0.0576. The molecule has 2 unspecified atom stereocenters. The molecule has 4 nitrogen and oxygen atoms in total. The van der Waals surface area contributed by atoms with Crippen molar-refractivity contribution in [1.82, 2.24) is 10.2 Å². The molecule has 0 aromatic rings. The summed E-state index contributed by atoms with van der Waals surface area (Å²) in [5.41, 5.74) is -0.235. The maximum Gasteiger partial charge on any atom is 0.0777 e. The summed E-state index contributed by atoms with van der Waals surface area (Å²) in [6.07, 6.45) is 2.29. The number of piperidine rings is 1. The first kappa shape index (κ1) is 14.9. The quantitative estimate of drug-likeness (QED) is 0.727. The Kier molecular flexibility index (Phi) is 5.38. The maximum atomic E-state index is 9.51. The zero-order valence-electron chi connectivity index (χ0n) is 11.8. The number of ether oxygens (including phenoxy) is 1. The molecular formula is C13H28N2O2. The first-order chi connectivity index (χ1) is 7.97. The number of aliphatic hydroxyl groups excluding tert-OH is 1.